The number of nitrogens with one attached hydrogen (secondary N) is 2. The Labute approximate surface area is 373 Å². The molecular formula is C45H58Cl2FN9O5. The number of fused-ring (bicyclic) bond motifs is 1. The number of nitrogens with two attached hydrogens (primary N) is 1. The Balaban J connectivity index is 0.648. The Hall–Kier alpha value is -4.06. The fourth-order valence-corrected chi connectivity index (χ4v) is 9.52. The van der Waals surface area contributed by atoms with E-state index in [4.69, 9.17) is 47.9 Å². The second-order valence-electron chi connectivity index (χ2n) is 16.6. The highest BCUT2D eigenvalue weighted by atomic mass is 35.5. The molecule has 1 amide bonds. The number of amides is 1. The topological polar surface area (TPSA) is 144 Å². The van der Waals surface area contributed by atoms with Crippen LogP contribution >= 0.6 is 23.2 Å². The fourth-order valence-electron chi connectivity index (χ4n) is 8.84. The molecule has 8 rings (SSSR count). The van der Waals surface area contributed by atoms with Crippen LogP contribution in [0.2, 0.25) is 10.0 Å². The van der Waals surface area contributed by atoms with Crippen LogP contribution in [0.1, 0.15) is 66.2 Å². The monoisotopic (exact) mass is 893 g/mol. The maximum absolute atomic E-state index is 14.1. The van der Waals surface area contributed by atoms with E-state index in [1.54, 1.807) is 19.2 Å². The van der Waals surface area contributed by atoms with Crippen LogP contribution in [0.3, 0.4) is 0 Å². The molecule has 2 atom stereocenters. The Morgan fingerprint density at radius 2 is 1.68 bits per heavy atom. The zero-order valence-electron chi connectivity index (χ0n) is 35.4. The third-order valence-electron chi connectivity index (χ3n) is 12.4. The van der Waals surface area contributed by atoms with Crippen molar-refractivity contribution in [3.8, 4) is 16.9 Å². The second kappa shape index (κ2) is 21.1. The van der Waals surface area contributed by atoms with Crippen molar-refractivity contribution in [3.05, 3.63) is 87.5 Å². The number of nitrogen functional groups attached to an aromatic ring is 1. The highest BCUT2D eigenvalue weighted by molar-refractivity contribution is 6.36. The summed E-state index contributed by atoms with van der Waals surface area (Å²) in [4.78, 5) is 24.4. The zero-order valence-corrected chi connectivity index (χ0v) is 36.9. The average molecular weight is 895 g/mol. The first-order valence-corrected chi connectivity index (χ1v) is 22.7. The molecule has 0 saturated carbocycles. The minimum Gasteiger partial charge on any atom is -0.482 e. The van der Waals surface area contributed by atoms with Crippen molar-refractivity contribution in [2.75, 3.05) is 103 Å². The number of hydrogen-bond donors (Lipinski definition) is 3. The molecule has 0 aliphatic carbocycles. The van der Waals surface area contributed by atoms with E-state index in [0.717, 1.165) is 106 Å². The summed E-state index contributed by atoms with van der Waals surface area (Å²) in [6.07, 6.45) is 9.02. The Morgan fingerprint density at radius 3 is 2.42 bits per heavy atom. The van der Waals surface area contributed by atoms with Crippen LogP contribution in [0, 0.1) is 5.82 Å². The number of benzene rings is 2. The molecule has 4 N–H and O–H groups in total. The van der Waals surface area contributed by atoms with Gasteiger partial charge in [-0.2, -0.15) is 5.10 Å². The van der Waals surface area contributed by atoms with Gasteiger partial charge < -0.3 is 45.1 Å². The first kappa shape index (κ1) is 44.5. The van der Waals surface area contributed by atoms with Crippen molar-refractivity contribution >= 4 is 40.6 Å². The minimum absolute atomic E-state index is 0.0829. The molecule has 1 unspecified atom stereocenters. The molecule has 4 aromatic rings. The molecule has 0 bridgehead atoms. The summed E-state index contributed by atoms with van der Waals surface area (Å²) in [6.45, 7) is 13.5. The van der Waals surface area contributed by atoms with E-state index in [1.165, 1.54) is 12.1 Å². The van der Waals surface area contributed by atoms with Gasteiger partial charge in [0.1, 0.15) is 11.9 Å². The highest BCUT2D eigenvalue weighted by Crippen LogP contribution is 2.38. The number of piperidine rings is 2. The van der Waals surface area contributed by atoms with Crippen molar-refractivity contribution in [2.45, 2.75) is 63.4 Å². The predicted molar refractivity (Wildman–Crippen MR) is 239 cm³/mol. The Kier molecular flexibility index (Phi) is 15.1. The normalized spacial score (nSPS) is 19.5. The number of rotatable bonds is 20. The van der Waals surface area contributed by atoms with Gasteiger partial charge in [-0.25, -0.2) is 9.37 Å². The van der Waals surface area contributed by atoms with Gasteiger partial charge in [0.2, 0.25) is 0 Å². The first-order valence-electron chi connectivity index (χ1n) is 21.9. The summed E-state index contributed by atoms with van der Waals surface area (Å²) in [5, 5.41) is 12.0. The number of aromatic nitrogens is 3. The minimum atomic E-state index is -0.665. The van der Waals surface area contributed by atoms with Crippen molar-refractivity contribution in [2.24, 2.45) is 0 Å². The lowest BCUT2D eigenvalue weighted by Crippen LogP contribution is -2.55. The van der Waals surface area contributed by atoms with Gasteiger partial charge in [-0.05, 0) is 69.5 Å². The number of anilines is 2. The zero-order chi connectivity index (χ0) is 43.0. The van der Waals surface area contributed by atoms with Crippen molar-refractivity contribution in [3.63, 3.8) is 0 Å². The maximum Gasteiger partial charge on any atom is 0.254 e. The molecule has 3 fully saturated rings. The molecule has 2 aromatic heterocycles. The summed E-state index contributed by atoms with van der Waals surface area (Å²) in [7, 11) is 0. The molecule has 2 aromatic carbocycles. The molecule has 3 saturated heterocycles. The average Bonchev–Trinajstić information content (AvgIpc) is 3.90. The van der Waals surface area contributed by atoms with E-state index >= 15 is 0 Å². The van der Waals surface area contributed by atoms with E-state index in [9.17, 15) is 9.18 Å². The highest BCUT2D eigenvalue weighted by Gasteiger charge is 2.36. The van der Waals surface area contributed by atoms with Gasteiger partial charge >= 0.3 is 0 Å². The molecule has 4 aliphatic rings. The van der Waals surface area contributed by atoms with E-state index < -0.39 is 11.9 Å². The lowest BCUT2D eigenvalue weighted by atomic mass is 10.0. The predicted octanol–water partition coefficient (Wildman–Crippen LogP) is 6.30. The lowest BCUT2D eigenvalue weighted by molar-refractivity contribution is 0.00254. The Morgan fingerprint density at radius 1 is 0.935 bits per heavy atom. The number of hydrogen-bond acceptors (Lipinski definition) is 12. The summed E-state index contributed by atoms with van der Waals surface area (Å²) in [6, 6.07) is 11.5. The molecular weight excluding hydrogens is 836 g/mol. The smallest absolute Gasteiger partial charge is 0.254 e. The first-order chi connectivity index (χ1) is 30.2. The van der Waals surface area contributed by atoms with Gasteiger partial charge in [0.15, 0.2) is 11.6 Å². The van der Waals surface area contributed by atoms with Crippen LogP contribution < -0.4 is 21.1 Å². The fraction of sp³-hybridized carbons (Fsp3) is 0.533. The van der Waals surface area contributed by atoms with Gasteiger partial charge in [-0.1, -0.05) is 29.3 Å². The van der Waals surface area contributed by atoms with Crippen molar-refractivity contribution < 1.29 is 28.1 Å². The molecule has 334 valence electrons. The van der Waals surface area contributed by atoms with Gasteiger partial charge in [0.05, 0.1) is 62.9 Å². The van der Waals surface area contributed by atoms with Crippen LogP contribution in [0.25, 0.3) is 11.1 Å². The number of carbonyl (C=O) groups excluding carboxylic acids is 1. The van der Waals surface area contributed by atoms with E-state index in [0.29, 0.717) is 68.6 Å². The lowest BCUT2D eigenvalue weighted by Gasteiger charge is -2.40. The van der Waals surface area contributed by atoms with Crippen LogP contribution in [-0.4, -0.2) is 139 Å². The summed E-state index contributed by atoms with van der Waals surface area (Å²) < 4.78 is 39.7. The number of pyridine rings is 1. The van der Waals surface area contributed by atoms with Crippen LogP contribution in [0.4, 0.5) is 15.9 Å². The SMILES string of the molecule is C[C@@H](Oc1cc(-c2cnn(C3CCN(CCOCCOCCOCCN4CC(Nc5cccc6c5CN(C5CCCNC5)C6=O)C4)CC3)c2)cnc1N)c1c(Cl)ccc(F)c1Cl. The molecule has 62 heavy (non-hydrogen) atoms. The number of halogens is 3. The summed E-state index contributed by atoms with van der Waals surface area (Å²) in [5.41, 5.74) is 11.3. The van der Waals surface area contributed by atoms with Crippen LogP contribution in [0.5, 0.6) is 5.75 Å². The number of ether oxygens (including phenoxy) is 4. The van der Waals surface area contributed by atoms with Gasteiger partial charge in [-0.15, -0.1) is 0 Å². The van der Waals surface area contributed by atoms with E-state index in [2.05, 4.69) is 41.5 Å². The van der Waals surface area contributed by atoms with Crippen molar-refractivity contribution in [1.29, 1.82) is 0 Å². The third kappa shape index (κ3) is 10.8. The third-order valence-corrected chi connectivity index (χ3v) is 13.1. The van der Waals surface area contributed by atoms with Crippen molar-refractivity contribution in [1.82, 2.24) is 34.8 Å². The molecule has 0 spiro atoms. The maximum atomic E-state index is 14.1. The summed E-state index contributed by atoms with van der Waals surface area (Å²) >= 11 is 12.5. The number of carbonyl (C=O) groups is 1. The summed E-state index contributed by atoms with van der Waals surface area (Å²) in [5.74, 6) is 0.147. The van der Waals surface area contributed by atoms with Crippen LogP contribution in [0.15, 0.2) is 55.0 Å². The second-order valence-corrected chi connectivity index (χ2v) is 17.4. The Bertz CT molecular complexity index is 2130. The molecule has 6 heterocycles. The number of likely N-dealkylation sites (tertiary alicyclic amines) is 2. The molecule has 14 nitrogen and oxygen atoms in total. The van der Waals surface area contributed by atoms with E-state index in [-0.39, 0.29) is 28.8 Å². The molecule has 4 aliphatic heterocycles. The van der Waals surface area contributed by atoms with Gasteiger partial charge in [0.25, 0.3) is 5.91 Å². The number of nitrogens with zero attached hydrogens (tertiary/aromatic N) is 6. The standard InChI is InChI=1S/C45H58Cl2FN9O5/c1-30(42-38(46)7-8-39(48)43(42)47)62-41-22-31(23-51-44(41)49)32-24-52-57(26-32)34-9-12-54(13-10-34)14-16-59-18-20-61-21-19-60-17-15-55-27-33(28-55)53-40-6-2-5-36-37(40)29-56(45(36)58)35-4-3-11-50-25-35/h2,5-8,22-24,26,30,33-35,50,53H,3-4,9-21,25,27-29H2,1H3,(H2,49,51)/t30-,35?/m1/s1. The molecule has 17 heteroatoms. The largest absolute Gasteiger partial charge is 0.482 e. The van der Waals surface area contributed by atoms with Crippen LogP contribution in [-0.2, 0) is 20.8 Å². The quantitative estimate of drug-likeness (QED) is 0.0677. The van der Waals surface area contributed by atoms with E-state index in [1.807, 2.05) is 29.2 Å². The van der Waals surface area contributed by atoms with Gasteiger partial charge in [-0.3, -0.25) is 14.4 Å². The van der Waals surface area contributed by atoms with Gasteiger partial charge in [0, 0.05) is 109 Å². The molecule has 0 radical (unpaired) electrons.